The van der Waals surface area contributed by atoms with E-state index in [-0.39, 0.29) is 11.6 Å². The lowest BCUT2D eigenvalue weighted by Gasteiger charge is -2.42. The molecule has 0 saturated carbocycles. The highest BCUT2D eigenvalue weighted by Crippen LogP contribution is 2.34. The topological polar surface area (TPSA) is 37.4 Å². The van der Waals surface area contributed by atoms with Crippen molar-refractivity contribution >= 4 is 0 Å². The summed E-state index contributed by atoms with van der Waals surface area (Å²) in [6.45, 7) is 9.86. The van der Waals surface area contributed by atoms with Gasteiger partial charge in [-0.3, -0.25) is 9.88 Å². The van der Waals surface area contributed by atoms with E-state index in [4.69, 9.17) is 4.74 Å². The van der Waals surface area contributed by atoms with Crippen molar-refractivity contribution in [3.05, 3.63) is 24.0 Å². The minimum Gasteiger partial charge on any atom is -0.492 e. The number of likely N-dealkylation sites (N-methyl/N-ethyl adjacent to an activating group) is 1. The molecule has 1 aromatic rings. The predicted octanol–water partition coefficient (Wildman–Crippen LogP) is 3.01. The number of rotatable bonds is 7. The molecule has 2 rings (SSSR count). The summed E-state index contributed by atoms with van der Waals surface area (Å²) in [5.41, 5.74) is 1.26. The number of hydrogen-bond donors (Lipinski definition) is 1. The molecule has 0 radical (unpaired) electrons. The van der Waals surface area contributed by atoms with Gasteiger partial charge in [-0.25, -0.2) is 0 Å². The number of ether oxygens (including phenoxy) is 1. The molecule has 4 nitrogen and oxygen atoms in total. The summed E-state index contributed by atoms with van der Waals surface area (Å²) < 4.78 is 5.72. The zero-order valence-corrected chi connectivity index (χ0v) is 13.9. The van der Waals surface area contributed by atoms with Crippen LogP contribution in [-0.2, 0) is 0 Å². The first-order valence-corrected chi connectivity index (χ1v) is 8.09. The van der Waals surface area contributed by atoms with Crippen LogP contribution in [0.25, 0.3) is 0 Å². The zero-order chi connectivity index (χ0) is 15.3. The summed E-state index contributed by atoms with van der Waals surface area (Å²) in [6, 6.07) is 2.37. The molecular weight excluding hydrogens is 262 g/mol. The second kappa shape index (κ2) is 7.23. The Morgan fingerprint density at radius 1 is 1.33 bits per heavy atom. The second-order valence-corrected chi connectivity index (χ2v) is 6.37. The van der Waals surface area contributed by atoms with Crippen LogP contribution in [0.3, 0.4) is 0 Å². The molecule has 0 spiro atoms. The molecule has 4 heteroatoms. The molecule has 21 heavy (non-hydrogen) atoms. The highest BCUT2D eigenvalue weighted by atomic mass is 16.5. The van der Waals surface area contributed by atoms with Gasteiger partial charge in [0.25, 0.3) is 0 Å². The maximum Gasteiger partial charge on any atom is 0.137 e. The molecule has 1 aromatic heterocycles. The average Bonchev–Trinajstić information content (AvgIpc) is 3.01. The minimum absolute atomic E-state index is 0.0658. The zero-order valence-electron chi connectivity index (χ0n) is 13.9. The molecule has 1 N–H and O–H groups in total. The van der Waals surface area contributed by atoms with Gasteiger partial charge in [0, 0.05) is 11.7 Å². The monoisotopic (exact) mass is 291 g/mol. The maximum atomic E-state index is 5.72. The van der Waals surface area contributed by atoms with Gasteiger partial charge in [0.15, 0.2) is 0 Å². The third-order valence-corrected chi connectivity index (χ3v) is 4.46. The number of aromatic nitrogens is 1. The van der Waals surface area contributed by atoms with E-state index in [0.29, 0.717) is 0 Å². The van der Waals surface area contributed by atoms with E-state index in [1.165, 1.54) is 31.5 Å². The number of hydrogen-bond acceptors (Lipinski definition) is 4. The number of likely N-dealkylation sites (tertiary alicyclic amines) is 1. The molecule has 1 atom stereocenters. The van der Waals surface area contributed by atoms with E-state index >= 15 is 0 Å². The van der Waals surface area contributed by atoms with E-state index in [1.54, 1.807) is 6.20 Å². The summed E-state index contributed by atoms with van der Waals surface area (Å²) in [7, 11) is 2.03. The molecule has 118 valence electrons. The maximum absolute atomic E-state index is 5.72. The lowest BCUT2D eigenvalue weighted by Crippen LogP contribution is -2.50. The largest absolute Gasteiger partial charge is 0.492 e. The summed E-state index contributed by atoms with van der Waals surface area (Å²) in [6.07, 6.45) is 7.38. The van der Waals surface area contributed by atoms with Gasteiger partial charge >= 0.3 is 0 Å². The fraction of sp³-hybridized carbons (Fsp3) is 0.706. The van der Waals surface area contributed by atoms with Gasteiger partial charge in [0.2, 0.25) is 0 Å². The Kier molecular flexibility index (Phi) is 5.59. The van der Waals surface area contributed by atoms with Gasteiger partial charge in [0.1, 0.15) is 5.75 Å². The van der Waals surface area contributed by atoms with E-state index in [9.17, 15) is 0 Å². The van der Waals surface area contributed by atoms with Gasteiger partial charge < -0.3 is 10.1 Å². The highest BCUT2D eigenvalue weighted by Gasteiger charge is 2.37. The van der Waals surface area contributed by atoms with Crippen LogP contribution in [0.1, 0.15) is 51.6 Å². The summed E-state index contributed by atoms with van der Waals surface area (Å²) in [5, 5.41) is 3.48. The van der Waals surface area contributed by atoms with E-state index in [1.807, 2.05) is 13.2 Å². The Balaban J connectivity index is 2.19. The molecule has 0 amide bonds. The number of nitrogens with one attached hydrogen (secondary N) is 1. The standard InChI is InChI=1S/C17H29N3O/c1-5-10-21-15-11-14(12-19-13-15)16(18-4)17(2,3)20-8-6-7-9-20/h11-13,16,18H,5-10H2,1-4H3. The molecule has 0 aliphatic carbocycles. The fourth-order valence-corrected chi connectivity index (χ4v) is 3.30. The lowest BCUT2D eigenvalue weighted by molar-refractivity contribution is 0.110. The van der Waals surface area contributed by atoms with Crippen LogP contribution >= 0.6 is 0 Å². The van der Waals surface area contributed by atoms with E-state index in [2.05, 4.69) is 42.0 Å². The van der Waals surface area contributed by atoms with Crippen LogP contribution in [-0.4, -0.2) is 42.2 Å². The van der Waals surface area contributed by atoms with Crippen molar-refractivity contribution in [3.8, 4) is 5.75 Å². The van der Waals surface area contributed by atoms with Crippen LogP contribution in [0.5, 0.6) is 5.75 Å². The quantitative estimate of drug-likeness (QED) is 0.838. The molecule has 1 saturated heterocycles. The smallest absolute Gasteiger partial charge is 0.137 e. The first-order valence-electron chi connectivity index (χ1n) is 8.09. The first-order chi connectivity index (χ1) is 10.1. The lowest BCUT2D eigenvalue weighted by atomic mass is 9.88. The Labute approximate surface area is 128 Å². The molecular formula is C17H29N3O. The Hall–Kier alpha value is -1.13. The highest BCUT2D eigenvalue weighted by molar-refractivity contribution is 5.28. The summed E-state index contributed by atoms with van der Waals surface area (Å²) in [5.74, 6) is 0.867. The van der Waals surface area contributed by atoms with Crippen molar-refractivity contribution in [3.63, 3.8) is 0 Å². The van der Waals surface area contributed by atoms with E-state index < -0.39 is 0 Å². The molecule has 1 unspecified atom stereocenters. The Morgan fingerprint density at radius 2 is 2.05 bits per heavy atom. The average molecular weight is 291 g/mol. The molecule has 2 heterocycles. The molecule has 1 aliphatic rings. The number of pyridine rings is 1. The minimum atomic E-state index is 0.0658. The van der Waals surface area contributed by atoms with Crippen molar-refractivity contribution in [1.29, 1.82) is 0 Å². The Bertz CT molecular complexity index is 441. The third-order valence-electron chi connectivity index (χ3n) is 4.46. The Morgan fingerprint density at radius 3 is 2.67 bits per heavy atom. The predicted molar refractivity (Wildman–Crippen MR) is 86.7 cm³/mol. The van der Waals surface area contributed by atoms with Crippen LogP contribution in [0.15, 0.2) is 18.5 Å². The van der Waals surface area contributed by atoms with Gasteiger partial charge in [-0.2, -0.15) is 0 Å². The number of nitrogens with zero attached hydrogens (tertiary/aromatic N) is 2. The van der Waals surface area contributed by atoms with Crippen LogP contribution in [0.2, 0.25) is 0 Å². The van der Waals surface area contributed by atoms with E-state index in [0.717, 1.165) is 18.8 Å². The summed E-state index contributed by atoms with van der Waals surface area (Å²) >= 11 is 0. The molecule has 0 bridgehead atoms. The van der Waals surface area contributed by atoms with Gasteiger partial charge in [-0.05, 0) is 64.9 Å². The molecule has 0 aromatic carbocycles. The van der Waals surface area contributed by atoms with Crippen LogP contribution in [0.4, 0.5) is 0 Å². The van der Waals surface area contributed by atoms with Crippen molar-refractivity contribution in [2.75, 3.05) is 26.7 Å². The van der Waals surface area contributed by atoms with Gasteiger partial charge in [0.05, 0.1) is 18.8 Å². The van der Waals surface area contributed by atoms with Crippen molar-refractivity contribution < 1.29 is 4.74 Å². The van der Waals surface area contributed by atoms with Crippen molar-refractivity contribution in [2.24, 2.45) is 0 Å². The SMILES string of the molecule is CCCOc1cncc(C(NC)C(C)(C)N2CCCC2)c1. The normalized spacial score (nSPS) is 17.9. The molecule has 1 aliphatic heterocycles. The van der Waals surface area contributed by atoms with Crippen LogP contribution in [0, 0.1) is 0 Å². The first kappa shape index (κ1) is 16.2. The van der Waals surface area contributed by atoms with Gasteiger partial charge in [-0.1, -0.05) is 6.92 Å². The van der Waals surface area contributed by atoms with Crippen molar-refractivity contribution in [2.45, 2.75) is 51.6 Å². The van der Waals surface area contributed by atoms with Gasteiger partial charge in [-0.15, -0.1) is 0 Å². The third kappa shape index (κ3) is 3.74. The van der Waals surface area contributed by atoms with Crippen LogP contribution < -0.4 is 10.1 Å². The van der Waals surface area contributed by atoms with Crippen molar-refractivity contribution in [1.82, 2.24) is 15.2 Å². The fourth-order valence-electron chi connectivity index (χ4n) is 3.30. The molecule has 1 fully saturated rings. The second-order valence-electron chi connectivity index (χ2n) is 6.37. The summed E-state index contributed by atoms with van der Waals surface area (Å²) in [4.78, 5) is 6.94.